The third-order valence-electron chi connectivity index (χ3n) is 2.74. The minimum Gasteiger partial charge on any atom is -0.398 e. The topological polar surface area (TPSA) is 101 Å². The fraction of sp³-hybridized carbons (Fsp3) is 0.417. The number of amides is 1. The molecule has 1 rings (SSSR count). The SMILES string of the molecule is CCNC(=O)C(C)NS(=O)(=O)c1cc(N)c(C)c(F)c1. The summed E-state index contributed by atoms with van der Waals surface area (Å²) in [6.07, 6.45) is 0. The van der Waals surface area contributed by atoms with Gasteiger partial charge < -0.3 is 11.1 Å². The number of benzene rings is 1. The van der Waals surface area contributed by atoms with E-state index in [9.17, 15) is 17.6 Å². The van der Waals surface area contributed by atoms with Gasteiger partial charge in [-0.1, -0.05) is 0 Å². The Morgan fingerprint density at radius 2 is 2.05 bits per heavy atom. The number of nitrogens with two attached hydrogens (primary N) is 1. The normalized spacial score (nSPS) is 13.0. The number of carbonyl (C=O) groups is 1. The fourth-order valence-corrected chi connectivity index (χ4v) is 2.76. The summed E-state index contributed by atoms with van der Waals surface area (Å²) in [6, 6.07) is 1.06. The van der Waals surface area contributed by atoms with Gasteiger partial charge in [-0.2, -0.15) is 4.72 Å². The highest BCUT2D eigenvalue weighted by Crippen LogP contribution is 2.21. The molecular weight excluding hydrogens is 285 g/mol. The first-order valence-electron chi connectivity index (χ1n) is 6.04. The molecule has 0 saturated heterocycles. The predicted molar refractivity (Wildman–Crippen MR) is 74.0 cm³/mol. The van der Waals surface area contributed by atoms with Crippen molar-refractivity contribution in [3.63, 3.8) is 0 Å². The lowest BCUT2D eigenvalue weighted by molar-refractivity contribution is -0.122. The van der Waals surface area contributed by atoms with Gasteiger partial charge in [0.25, 0.3) is 0 Å². The van der Waals surface area contributed by atoms with Crippen molar-refractivity contribution in [3.8, 4) is 0 Å². The fourth-order valence-electron chi connectivity index (χ4n) is 1.51. The van der Waals surface area contributed by atoms with Gasteiger partial charge in [0.1, 0.15) is 5.82 Å². The van der Waals surface area contributed by atoms with Crippen molar-refractivity contribution >= 4 is 21.6 Å². The Morgan fingerprint density at radius 1 is 1.45 bits per heavy atom. The van der Waals surface area contributed by atoms with Crippen molar-refractivity contribution < 1.29 is 17.6 Å². The average Bonchev–Trinajstić information content (AvgIpc) is 2.35. The first kappa shape index (κ1) is 16.4. The second-order valence-corrected chi connectivity index (χ2v) is 6.07. The summed E-state index contributed by atoms with van der Waals surface area (Å²) in [7, 11) is -4.02. The van der Waals surface area contributed by atoms with E-state index in [0.717, 1.165) is 12.1 Å². The van der Waals surface area contributed by atoms with Crippen LogP contribution in [0.15, 0.2) is 17.0 Å². The number of hydrogen-bond acceptors (Lipinski definition) is 4. The smallest absolute Gasteiger partial charge is 0.241 e. The van der Waals surface area contributed by atoms with E-state index in [1.807, 2.05) is 0 Å². The van der Waals surface area contributed by atoms with Crippen LogP contribution in [0.25, 0.3) is 0 Å². The largest absolute Gasteiger partial charge is 0.398 e. The van der Waals surface area contributed by atoms with Gasteiger partial charge in [-0.15, -0.1) is 0 Å². The van der Waals surface area contributed by atoms with E-state index in [1.165, 1.54) is 13.8 Å². The number of sulfonamides is 1. The second kappa shape index (κ2) is 6.19. The molecule has 0 aliphatic carbocycles. The van der Waals surface area contributed by atoms with Crippen molar-refractivity contribution in [3.05, 3.63) is 23.5 Å². The lowest BCUT2D eigenvalue weighted by Crippen LogP contribution is -2.44. The molecular formula is C12H18FN3O3S. The minimum atomic E-state index is -4.02. The van der Waals surface area contributed by atoms with Gasteiger partial charge in [0.05, 0.1) is 10.9 Å². The summed E-state index contributed by atoms with van der Waals surface area (Å²) in [5.41, 5.74) is 5.76. The molecule has 0 heterocycles. The molecule has 1 aromatic rings. The Balaban J connectivity index is 3.03. The summed E-state index contributed by atoms with van der Waals surface area (Å²) >= 11 is 0. The van der Waals surface area contributed by atoms with Crippen LogP contribution >= 0.6 is 0 Å². The molecule has 8 heteroatoms. The molecule has 1 amide bonds. The second-order valence-electron chi connectivity index (χ2n) is 4.36. The first-order valence-corrected chi connectivity index (χ1v) is 7.53. The van der Waals surface area contributed by atoms with E-state index >= 15 is 0 Å². The molecule has 1 unspecified atom stereocenters. The van der Waals surface area contributed by atoms with E-state index in [4.69, 9.17) is 5.73 Å². The van der Waals surface area contributed by atoms with Crippen LogP contribution in [-0.4, -0.2) is 26.9 Å². The van der Waals surface area contributed by atoms with Crippen LogP contribution in [0.5, 0.6) is 0 Å². The Kier molecular flexibility index (Phi) is 5.07. The molecule has 0 bridgehead atoms. The highest BCUT2D eigenvalue weighted by molar-refractivity contribution is 7.89. The van der Waals surface area contributed by atoms with Crippen molar-refractivity contribution in [2.75, 3.05) is 12.3 Å². The average molecular weight is 303 g/mol. The number of hydrogen-bond donors (Lipinski definition) is 3. The summed E-state index contributed by atoms with van der Waals surface area (Å²) in [5.74, 6) is -1.17. The number of likely N-dealkylation sites (N-methyl/N-ethyl adjacent to an activating group) is 1. The van der Waals surface area contributed by atoms with Gasteiger partial charge in [-0.05, 0) is 32.9 Å². The molecule has 1 aromatic carbocycles. The van der Waals surface area contributed by atoms with Gasteiger partial charge in [0.15, 0.2) is 0 Å². The first-order chi connectivity index (χ1) is 9.19. The van der Waals surface area contributed by atoms with Crippen LogP contribution in [0.3, 0.4) is 0 Å². The van der Waals surface area contributed by atoms with E-state index < -0.39 is 27.8 Å². The van der Waals surface area contributed by atoms with Gasteiger partial charge in [-0.25, -0.2) is 12.8 Å². The van der Waals surface area contributed by atoms with E-state index in [-0.39, 0.29) is 16.1 Å². The molecule has 0 aromatic heterocycles. The van der Waals surface area contributed by atoms with Crippen LogP contribution in [0.4, 0.5) is 10.1 Å². The standard InChI is InChI=1S/C12H18FN3O3S/c1-4-15-12(17)8(3)16-20(18,19)9-5-10(13)7(2)11(14)6-9/h5-6,8,16H,4,14H2,1-3H3,(H,15,17). The van der Waals surface area contributed by atoms with Crippen molar-refractivity contribution in [2.45, 2.75) is 31.7 Å². The van der Waals surface area contributed by atoms with Crippen molar-refractivity contribution in [1.29, 1.82) is 0 Å². The van der Waals surface area contributed by atoms with Gasteiger partial charge in [0.2, 0.25) is 15.9 Å². The molecule has 0 fully saturated rings. The summed E-state index contributed by atoms with van der Waals surface area (Å²) in [6.45, 7) is 4.95. The van der Waals surface area contributed by atoms with Crippen LogP contribution in [0, 0.1) is 12.7 Å². The van der Waals surface area contributed by atoms with Gasteiger partial charge in [0, 0.05) is 17.8 Å². The molecule has 4 N–H and O–H groups in total. The van der Waals surface area contributed by atoms with Crippen LogP contribution in [0.2, 0.25) is 0 Å². The quantitative estimate of drug-likeness (QED) is 0.690. The maximum absolute atomic E-state index is 13.5. The molecule has 20 heavy (non-hydrogen) atoms. The molecule has 6 nitrogen and oxygen atoms in total. The van der Waals surface area contributed by atoms with E-state index in [2.05, 4.69) is 10.0 Å². The summed E-state index contributed by atoms with van der Waals surface area (Å²) < 4.78 is 39.8. The van der Waals surface area contributed by atoms with Gasteiger partial charge in [-0.3, -0.25) is 4.79 Å². The summed E-state index contributed by atoms with van der Waals surface area (Å²) in [4.78, 5) is 11.2. The predicted octanol–water partition coefficient (Wildman–Crippen LogP) is 0.519. The Morgan fingerprint density at radius 3 is 2.55 bits per heavy atom. The van der Waals surface area contributed by atoms with Crippen molar-refractivity contribution in [2.24, 2.45) is 0 Å². The number of anilines is 1. The van der Waals surface area contributed by atoms with Crippen molar-refractivity contribution in [1.82, 2.24) is 10.0 Å². The zero-order chi connectivity index (χ0) is 15.5. The molecule has 0 aliphatic heterocycles. The van der Waals surface area contributed by atoms with Gasteiger partial charge >= 0.3 is 0 Å². The highest BCUT2D eigenvalue weighted by atomic mass is 32.2. The van der Waals surface area contributed by atoms with E-state index in [0.29, 0.717) is 6.54 Å². The molecule has 0 radical (unpaired) electrons. The third-order valence-corrected chi connectivity index (χ3v) is 4.26. The molecule has 112 valence electrons. The monoisotopic (exact) mass is 303 g/mol. The number of nitrogens with one attached hydrogen (secondary N) is 2. The minimum absolute atomic E-state index is 0.0380. The number of rotatable bonds is 5. The molecule has 0 aliphatic rings. The Bertz CT molecular complexity index is 593. The number of halogens is 1. The summed E-state index contributed by atoms with van der Waals surface area (Å²) in [5, 5.41) is 2.49. The van der Waals surface area contributed by atoms with Crippen LogP contribution in [0.1, 0.15) is 19.4 Å². The van der Waals surface area contributed by atoms with Crippen LogP contribution in [-0.2, 0) is 14.8 Å². The Labute approximate surface area is 117 Å². The Hall–Kier alpha value is -1.67. The molecule has 0 saturated carbocycles. The van der Waals surface area contributed by atoms with E-state index in [1.54, 1.807) is 6.92 Å². The third kappa shape index (κ3) is 3.67. The highest BCUT2D eigenvalue weighted by Gasteiger charge is 2.23. The lowest BCUT2D eigenvalue weighted by Gasteiger charge is -2.14. The zero-order valence-electron chi connectivity index (χ0n) is 11.5. The number of carbonyl (C=O) groups excluding carboxylic acids is 1. The zero-order valence-corrected chi connectivity index (χ0v) is 12.3. The maximum Gasteiger partial charge on any atom is 0.241 e. The molecule has 0 spiro atoms. The molecule has 1 atom stereocenters. The van der Waals surface area contributed by atoms with Crippen LogP contribution < -0.4 is 15.8 Å². The lowest BCUT2D eigenvalue weighted by atomic mass is 10.2. The maximum atomic E-state index is 13.5. The number of nitrogen functional groups attached to an aromatic ring is 1.